The highest BCUT2D eigenvalue weighted by Gasteiger charge is 2.37. The fourth-order valence-electron chi connectivity index (χ4n) is 4.82. The van der Waals surface area contributed by atoms with E-state index in [4.69, 9.17) is 9.47 Å². The number of hydrogen-bond acceptors (Lipinski definition) is 4. The highest BCUT2D eigenvalue weighted by molar-refractivity contribution is 5.83. The van der Waals surface area contributed by atoms with Crippen LogP contribution in [0.3, 0.4) is 0 Å². The van der Waals surface area contributed by atoms with E-state index in [1.165, 1.54) is 16.8 Å². The van der Waals surface area contributed by atoms with Gasteiger partial charge in [-0.15, -0.1) is 0 Å². The molecule has 0 fully saturated rings. The number of anilines is 1. The Balaban J connectivity index is 1.32. The minimum atomic E-state index is 0.297. The number of nitrogens with zero attached hydrogens (tertiary/aromatic N) is 1. The topological polar surface area (TPSA) is 42.8 Å². The molecule has 5 rings (SSSR count). The molecule has 1 aliphatic heterocycles. The molecule has 33 heavy (non-hydrogen) atoms. The summed E-state index contributed by atoms with van der Waals surface area (Å²) in [6.45, 7) is 4.12. The van der Waals surface area contributed by atoms with Crippen LogP contribution in [0.1, 0.15) is 35.1 Å². The minimum Gasteiger partial charge on any atom is -0.493 e. The van der Waals surface area contributed by atoms with Crippen LogP contribution in [0.5, 0.6) is 11.5 Å². The number of fused-ring (bicyclic) bond motifs is 3. The first kappa shape index (κ1) is 21.1. The number of benzene rings is 3. The van der Waals surface area contributed by atoms with E-state index in [-0.39, 0.29) is 0 Å². The van der Waals surface area contributed by atoms with E-state index in [2.05, 4.69) is 77.6 Å². The van der Waals surface area contributed by atoms with Crippen molar-refractivity contribution in [1.82, 2.24) is 0 Å². The highest BCUT2D eigenvalue weighted by atomic mass is 16.5. The van der Waals surface area contributed by atoms with Crippen molar-refractivity contribution in [2.75, 3.05) is 19.0 Å². The van der Waals surface area contributed by atoms with Crippen molar-refractivity contribution in [3.05, 3.63) is 108 Å². The lowest BCUT2D eigenvalue weighted by molar-refractivity contribution is 0.326. The Hall–Kier alpha value is -3.79. The van der Waals surface area contributed by atoms with Gasteiger partial charge in [0.2, 0.25) is 0 Å². The van der Waals surface area contributed by atoms with Crippen molar-refractivity contribution in [2.45, 2.75) is 18.4 Å². The second kappa shape index (κ2) is 9.37. The second-order valence-corrected chi connectivity index (χ2v) is 8.42. The molecule has 0 unspecified atom stereocenters. The Kier molecular flexibility index (Phi) is 5.99. The van der Waals surface area contributed by atoms with Gasteiger partial charge in [0, 0.05) is 17.8 Å². The number of para-hydroxylation sites is 1. The number of ether oxygens (including phenoxy) is 2. The number of rotatable bonds is 7. The van der Waals surface area contributed by atoms with Crippen molar-refractivity contribution in [1.29, 1.82) is 0 Å². The lowest BCUT2D eigenvalue weighted by Crippen LogP contribution is -2.28. The molecule has 4 nitrogen and oxygen atoms in total. The quantitative estimate of drug-likeness (QED) is 0.326. The summed E-state index contributed by atoms with van der Waals surface area (Å²) in [7, 11) is 1.64. The third-order valence-corrected chi connectivity index (χ3v) is 6.43. The molecule has 1 heterocycles. The van der Waals surface area contributed by atoms with Gasteiger partial charge in [0.05, 0.1) is 18.8 Å². The van der Waals surface area contributed by atoms with Gasteiger partial charge in [-0.3, -0.25) is 4.99 Å². The zero-order valence-electron chi connectivity index (χ0n) is 18.8. The first-order chi connectivity index (χ1) is 16.3. The van der Waals surface area contributed by atoms with Crippen LogP contribution >= 0.6 is 0 Å². The molecule has 2 aliphatic rings. The molecule has 4 heteroatoms. The molecule has 1 aliphatic carbocycles. The molecular weight excluding hydrogens is 408 g/mol. The van der Waals surface area contributed by atoms with Gasteiger partial charge >= 0.3 is 0 Å². The van der Waals surface area contributed by atoms with Crippen LogP contribution in [0.25, 0.3) is 0 Å². The predicted molar refractivity (Wildman–Crippen MR) is 135 cm³/mol. The van der Waals surface area contributed by atoms with E-state index in [0.29, 0.717) is 36.0 Å². The average Bonchev–Trinajstić information content (AvgIpc) is 3.37. The van der Waals surface area contributed by atoms with Gasteiger partial charge in [0.15, 0.2) is 11.5 Å². The Morgan fingerprint density at radius 3 is 2.73 bits per heavy atom. The van der Waals surface area contributed by atoms with Gasteiger partial charge in [-0.2, -0.15) is 0 Å². The fourth-order valence-corrected chi connectivity index (χ4v) is 4.82. The van der Waals surface area contributed by atoms with Crippen LogP contribution in [0, 0.1) is 5.92 Å². The number of aliphatic imine (C=N–C) groups is 1. The molecular formula is C29H28N2O2. The summed E-state index contributed by atoms with van der Waals surface area (Å²) in [5.41, 5.74) is 5.82. The number of hydrogen-bond donors (Lipinski definition) is 1. The van der Waals surface area contributed by atoms with Gasteiger partial charge in [0.25, 0.3) is 0 Å². The summed E-state index contributed by atoms with van der Waals surface area (Å²) >= 11 is 0. The maximum atomic E-state index is 5.62. The third kappa shape index (κ3) is 4.29. The second-order valence-electron chi connectivity index (χ2n) is 8.42. The summed E-state index contributed by atoms with van der Waals surface area (Å²) in [5.74, 6) is 2.40. The number of allylic oxidation sites excluding steroid dienone is 2. The van der Waals surface area contributed by atoms with Crippen LogP contribution in [-0.2, 0) is 0 Å². The fraction of sp³-hybridized carbons (Fsp3) is 0.207. The van der Waals surface area contributed by atoms with Gasteiger partial charge in [-0.1, -0.05) is 55.1 Å². The SMILES string of the molecule is C=CCOc1ccc(C=Nc2ccc([C@@H]3Nc4ccccc4[C@@H]4C=CC[C@@H]43)cc2)cc1OC. The molecule has 0 saturated heterocycles. The molecule has 1 N–H and O–H groups in total. The molecule has 0 radical (unpaired) electrons. The average molecular weight is 437 g/mol. The van der Waals surface area contributed by atoms with Crippen molar-refractivity contribution in [2.24, 2.45) is 10.9 Å². The van der Waals surface area contributed by atoms with E-state index in [0.717, 1.165) is 17.7 Å². The van der Waals surface area contributed by atoms with E-state index in [1.807, 2.05) is 24.4 Å². The molecule has 0 bridgehead atoms. The van der Waals surface area contributed by atoms with Crippen LogP contribution in [0.2, 0.25) is 0 Å². The standard InChI is InChI=1S/C29H28N2O2/c1-3-17-33-27-16-11-20(18-28(27)32-2)19-30-22-14-12-21(13-15-22)29-25-9-6-8-23(25)24-7-4-5-10-26(24)31-29/h3-8,10-16,18-19,23,25,29,31H,1,9,17H2,2H3/t23-,25-,29-/m0/s1. The molecule has 0 spiro atoms. The molecule has 0 amide bonds. The van der Waals surface area contributed by atoms with E-state index < -0.39 is 0 Å². The summed E-state index contributed by atoms with van der Waals surface area (Å²) in [4.78, 5) is 4.66. The van der Waals surface area contributed by atoms with Crippen LogP contribution in [0.15, 0.2) is 96.5 Å². The molecule has 3 aromatic carbocycles. The Labute approximate surface area is 195 Å². The Morgan fingerprint density at radius 1 is 1.06 bits per heavy atom. The monoisotopic (exact) mass is 436 g/mol. The van der Waals surface area contributed by atoms with Crippen molar-refractivity contribution in [3.63, 3.8) is 0 Å². The lowest BCUT2D eigenvalue weighted by atomic mass is 9.77. The first-order valence-corrected chi connectivity index (χ1v) is 11.3. The van der Waals surface area contributed by atoms with E-state index in [9.17, 15) is 0 Å². The molecule has 0 saturated carbocycles. The van der Waals surface area contributed by atoms with Crippen LogP contribution < -0.4 is 14.8 Å². The van der Waals surface area contributed by atoms with E-state index in [1.54, 1.807) is 13.2 Å². The first-order valence-electron chi connectivity index (χ1n) is 11.3. The minimum absolute atomic E-state index is 0.297. The van der Waals surface area contributed by atoms with Crippen molar-refractivity contribution < 1.29 is 9.47 Å². The van der Waals surface area contributed by atoms with Crippen molar-refractivity contribution >= 4 is 17.6 Å². The largest absolute Gasteiger partial charge is 0.493 e. The van der Waals surface area contributed by atoms with Crippen LogP contribution in [0.4, 0.5) is 11.4 Å². The Bertz CT molecular complexity index is 1200. The molecule has 3 atom stereocenters. The zero-order valence-corrected chi connectivity index (χ0v) is 18.8. The summed E-state index contributed by atoms with van der Waals surface area (Å²) in [5, 5.41) is 3.78. The van der Waals surface area contributed by atoms with Gasteiger partial charge in [-0.05, 0) is 65.4 Å². The number of nitrogens with one attached hydrogen (secondary N) is 1. The third-order valence-electron chi connectivity index (χ3n) is 6.43. The summed E-state index contributed by atoms with van der Waals surface area (Å²) < 4.78 is 11.1. The molecule has 166 valence electrons. The zero-order chi connectivity index (χ0) is 22.6. The predicted octanol–water partition coefficient (Wildman–Crippen LogP) is 6.84. The van der Waals surface area contributed by atoms with Gasteiger partial charge in [-0.25, -0.2) is 0 Å². The number of methoxy groups -OCH3 is 1. The van der Waals surface area contributed by atoms with Gasteiger partial charge < -0.3 is 14.8 Å². The summed E-state index contributed by atoms with van der Waals surface area (Å²) in [6.07, 6.45) is 9.36. The molecule has 3 aromatic rings. The van der Waals surface area contributed by atoms with Gasteiger partial charge in [0.1, 0.15) is 6.61 Å². The lowest BCUT2D eigenvalue weighted by Gasteiger charge is -2.37. The smallest absolute Gasteiger partial charge is 0.161 e. The highest BCUT2D eigenvalue weighted by Crippen LogP contribution is 2.49. The normalized spacial score (nSPS) is 20.7. The van der Waals surface area contributed by atoms with E-state index >= 15 is 0 Å². The van der Waals surface area contributed by atoms with Crippen molar-refractivity contribution in [3.8, 4) is 11.5 Å². The Morgan fingerprint density at radius 2 is 1.91 bits per heavy atom. The maximum Gasteiger partial charge on any atom is 0.161 e. The van der Waals surface area contributed by atoms with Crippen LogP contribution in [-0.4, -0.2) is 19.9 Å². The molecule has 0 aromatic heterocycles. The maximum absolute atomic E-state index is 5.62. The summed E-state index contributed by atoms with van der Waals surface area (Å²) in [6, 6.07) is 23.3.